The summed E-state index contributed by atoms with van der Waals surface area (Å²) in [5.41, 5.74) is 1.63. The largest absolute Gasteiger partial charge is 0.496 e. The maximum Gasteiger partial charge on any atom is 0.233 e. The molecule has 1 aromatic heterocycles. The van der Waals surface area contributed by atoms with Crippen LogP contribution in [0.4, 0.5) is 0 Å². The van der Waals surface area contributed by atoms with Crippen LogP contribution >= 0.6 is 0 Å². The molecular weight excluding hydrogens is 270 g/mol. The minimum Gasteiger partial charge on any atom is -0.496 e. The predicted molar refractivity (Wildman–Crippen MR) is 79.0 cm³/mol. The van der Waals surface area contributed by atoms with Gasteiger partial charge in [0.05, 0.1) is 38.6 Å². The number of nitrogens with one attached hydrogen (secondary N) is 1. The molecule has 0 saturated carbocycles. The Balaban J connectivity index is 2.49. The Morgan fingerprint density at radius 2 is 1.57 bits per heavy atom. The van der Waals surface area contributed by atoms with Crippen molar-refractivity contribution < 1.29 is 14.2 Å². The zero-order valence-corrected chi connectivity index (χ0v) is 12.6. The van der Waals surface area contributed by atoms with E-state index < -0.39 is 0 Å². The van der Waals surface area contributed by atoms with Gasteiger partial charge in [-0.2, -0.15) is 0 Å². The van der Waals surface area contributed by atoms with Crippen LogP contribution in [0.15, 0.2) is 30.3 Å². The van der Waals surface area contributed by atoms with Crippen molar-refractivity contribution >= 4 is 0 Å². The van der Waals surface area contributed by atoms with Crippen LogP contribution in [0.3, 0.4) is 0 Å². The molecule has 0 bridgehead atoms. The summed E-state index contributed by atoms with van der Waals surface area (Å²) in [6.45, 7) is 0. The van der Waals surface area contributed by atoms with Crippen LogP contribution in [-0.2, 0) is 0 Å². The normalized spacial score (nSPS) is 11.8. The standard InChI is InChI=1S/C15H19N3O3/c1-16-15(10-8-9-13(21-4)18-17-10)14-11(19-2)6-5-7-12(14)20-3/h5-9,15-16H,1-4H3. The van der Waals surface area contributed by atoms with Crippen molar-refractivity contribution in [2.45, 2.75) is 6.04 Å². The Bertz CT molecular complexity index is 565. The third-order valence-corrected chi connectivity index (χ3v) is 3.21. The van der Waals surface area contributed by atoms with E-state index in [-0.39, 0.29) is 6.04 Å². The number of hydrogen-bond acceptors (Lipinski definition) is 6. The summed E-state index contributed by atoms with van der Waals surface area (Å²) >= 11 is 0. The Hall–Kier alpha value is -2.34. The lowest BCUT2D eigenvalue weighted by Crippen LogP contribution is -2.21. The van der Waals surface area contributed by atoms with Gasteiger partial charge in [-0.1, -0.05) is 6.07 Å². The van der Waals surface area contributed by atoms with Gasteiger partial charge in [-0.15, -0.1) is 10.2 Å². The predicted octanol–water partition coefficient (Wildman–Crippen LogP) is 1.81. The molecule has 1 unspecified atom stereocenters. The first kappa shape index (κ1) is 15.1. The first-order valence-corrected chi connectivity index (χ1v) is 6.51. The quantitative estimate of drug-likeness (QED) is 0.875. The molecule has 2 aromatic rings. The van der Waals surface area contributed by atoms with Crippen molar-refractivity contribution in [3.63, 3.8) is 0 Å². The first-order valence-electron chi connectivity index (χ1n) is 6.51. The van der Waals surface area contributed by atoms with E-state index in [1.807, 2.05) is 31.3 Å². The Morgan fingerprint density at radius 1 is 0.905 bits per heavy atom. The molecule has 0 aliphatic heterocycles. The van der Waals surface area contributed by atoms with Gasteiger partial charge in [0.1, 0.15) is 11.5 Å². The second kappa shape index (κ2) is 6.90. The van der Waals surface area contributed by atoms with Crippen molar-refractivity contribution in [3.05, 3.63) is 41.6 Å². The van der Waals surface area contributed by atoms with Gasteiger partial charge in [0.25, 0.3) is 0 Å². The fourth-order valence-corrected chi connectivity index (χ4v) is 2.20. The van der Waals surface area contributed by atoms with Crippen LogP contribution in [-0.4, -0.2) is 38.6 Å². The van der Waals surface area contributed by atoms with E-state index >= 15 is 0 Å². The van der Waals surface area contributed by atoms with E-state index in [1.54, 1.807) is 27.4 Å². The highest BCUT2D eigenvalue weighted by atomic mass is 16.5. The molecule has 6 nitrogen and oxygen atoms in total. The highest BCUT2D eigenvalue weighted by Crippen LogP contribution is 2.36. The minimum atomic E-state index is -0.200. The maximum atomic E-state index is 5.44. The molecule has 1 atom stereocenters. The van der Waals surface area contributed by atoms with E-state index in [0.717, 1.165) is 22.8 Å². The number of ether oxygens (including phenoxy) is 3. The zero-order valence-electron chi connectivity index (χ0n) is 12.6. The number of nitrogens with zero attached hydrogens (tertiary/aromatic N) is 2. The summed E-state index contributed by atoms with van der Waals surface area (Å²) < 4.78 is 15.9. The molecule has 0 saturated heterocycles. The second-order valence-electron chi connectivity index (χ2n) is 4.30. The van der Waals surface area contributed by atoms with Crippen LogP contribution < -0.4 is 19.5 Å². The number of methoxy groups -OCH3 is 3. The van der Waals surface area contributed by atoms with Gasteiger partial charge in [0.15, 0.2) is 0 Å². The maximum absolute atomic E-state index is 5.44. The van der Waals surface area contributed by atoms with Gasteiger partial charge in [-0.05, 0) is 25.2 Å². The van der Waals surface area contributed by atoms with Crippen molar-refractivity contribution in [2.75, 3.05) is 28.4 Å². The van der Waals surface area contributed by atoms with Crippen molar-refractivity contribution in [2.24, 2.45) is 0 Å². The van der Waals surface area contributed by atoms with E-state index in [1.165, 1.54) is 0 Å². The van der Waals surface area contributed by atoms with Crippen LogP contribution in [0.5, 0.6) is 17.4 Å². The summed E-state index contributed by atoms with van der Waals surface area (Å²) in [5.74, 6) is 1.93. The fourth-order valence-electron chi connectivity index (χ4n) is 2.20. The van der Waals surface area contributed by atoms with Crippen LogP contribution in [0.1, 0.15) is 17.3 Å². The zero-order chi connectivity index (χ0) is 15.2. The molecule has 0 aliphatic rings. The third kappa shape index (κ3) is 3.05. The van der Waals surface area contributed by atoms with Gasteiger partial charge >= 0.3 is 0 Å². The van der Waals surface area contributed by atoms with Crippen molar-refractivity contribution in [1.29, 1.82) is 0 Å². The first-order chi connectivity index (χ1) is 10.2. The molecule has 0 amide bonds. The molecule has 0 spiro atoms. The Labute approximate surface area is 124 Å². The highest BCUT2D eigenvalue weighted by Gasteiger charge is 2.22. The summed E-state index contributed by atoms with van der Waals surface area (Å²) in [6, 6.07) is 9.09. The summed E-state index contributed by atoms with van der Waals surface area (Å²) in [6.07, 6.45) is 0. The van der Waals surface area contributed by atoms with Gasteiger partial charge in [0, 0.05) is 6.07 Å². The van der Waals surface area contributed by atoms with Crippen LogP contribution in [0.25, 0.3) is 0 Å². The lowest BCUT2D eigenvalue weighted by Gasteiger charge is -2.21. The van der Waals surface area contributed by atoms with E-state index in [0.29, 0.717) is 5.88 Å². The number of aromatic nitrogens is 2. The average Bonchev–Trinajstić information content (AvgIpc) is 2.56. The van der Waals surface area contributed by atoms with Crippen LogP contribution in [0.2, 0.25) is 0 Å². The SMILES string of the molecule is CNC(c1ccc(OC)nn1)c1c(OC)cccc1OC. The Kier molecular flexibility index (Phi) is 4.94. The third-order valence-electron chi connectivity index (χ3n) is 3.21. The van der Waals surface area contributed by atoms with Gasteiger partial charge in [-0.25, -0.2) is 0 Å². The molecule has 21 heavy (non-hydrogen) atoms. The topological polar surface area (TPSA) is 65.5 Å². The number of rotatable bonds is 6. The van der Waals surface area contributed by atoms with Crippen molar-refractivity contribution in [1.82, 2.24) is 15.5 Å². The molecular formula is C15H19N3O3. The minimum absolute atomic E-state index is 0.200. The summed E-state index contributed by atoms with van der Waals surface area (Å²) in [5, 5.41) is 11.4. The lowest BCUT2D eigenvalue weighted by molar-refractivity contribution is 0.376. The number of hydrogen-bond donors (Lipinski definition) is 1. The van der Waals surface area contributed by atoms with Crippen LogP contribution in [0, 0.1) is 0 Å². The molecule has 6 heteroatoms. The summed E-state index contributed by atoms with van der Waals surface area (Å²) in [7, 11) is 6.67. The molecule has 0 aliphatic carbocycles. The molecule has 2 rings (SSSR count). The van der Waals surface area contributed by atoms with E-state index in [2.05, 4.69) is 15.5 Å². The lowest BCUT2D eigenvalue weighted by atomic mass is 10.0. The molecule has 1 N–H and O–H groups in total. The fraction of sp³-hybridized carbons (Fsp3) is 0.333. The monoisotopic (exact) mass is 289 g/mol. The smallest absolute Gasteiger partial charge is 0.233 e. The molecule has 0 fully saturated rings. The van der Waals surface area contributed by atoms with E-state index in [4.69, 9.17) is 14.2 Å². The Morgan fingerprint density at radius 3 is 2.00 bits per heavy atom. The molecule has 0 radical (unpaired) electrons. The van der Waals surface area contributed by atoms with Gasteiger partial charge in [0.2, 0.25) is 5.88 Å². The molecule has 1 aromatic carbocycles. The highest BCUT2D eigenvalue weighted by molar-refractivity contribution is 5.49. The van der Waals surface area contributed by atoms with Gasteiger partial charge < -0.3 is 19.5 Å². The van der Waals surface area contributed by atoms with E-state index in [9.17, 15) is 0 Å². The average molecular weight is 289 g/mol. The number of benzene rings is 1. The molecule has 112 valence electrons. The van der Waals surface area contributed by atoms with Gasteiger partial charge in [-0.3, -0.25) is 0 Å². The second-order valence-corrected chi connectivity index (χ2v) is 4.30. The van der Waals surface area contributed by atoms with Crippen molar-refractivity contribution in [3.8, 4) is 17.4 Å². The summed E-state index contributed by atoms with van der Waals surface area (Å²) in [4.78, 5) is 0. The molecule has 1 heterocycles.